The maximum Gasteiger partial charge on any atom is 0.490 e. The van der Waals surface area contributed by atoms with Crippen molar-refractivity contribution < 1.29 is 27.9 Å². The van der Waals surface area contributed by atoms with E-state index in [1.165, 1.54) is 17.1 Å². The van der Waals surface area contributed by atoms with E-state index < -0.39 is 18.2 Å². The average Bonchev–Trinajstić information content (AvgIpc) is 3.76. The summed E-state index contributed by atoms with van der Waals surface area (Å²) in [5.41, 5.74) is 5.03. The number of nitrogens with one attached hydrogen (secondary N) is 1. The number of nitrogens with zero attached hydrogens (tertiary/aromatic N) is 8. The summed E-state index contributed by atoms with van der Waals surface area (Å²) in [4.78, 5) is 45.4. The molecule has 2 N–H and O–H groups in total. The van der Waals surface area contributed by atoms with Crippen LogP contribution in [0.2, 0.25) is 10.2 Å². The highest BCUT2D eigenvalue weighted by Gasteiger charge is 2.38. The molecule has 0 saturated heterocycles. The smallest absolute Gasteiger partial charge is 0.475 e. The molecule has 2 aromatic carbocycles. The Balaban J connectivity index is 0.000000626. The number of amides is 1. The number of fused-ring (bicyclic) bond motifs is 4. The molecule has 0 unspecified atom stereocenters. The number of rotatable bonds is 4. The molecule has 2 bridgehead atoms. The van der Waals surface area contributed by atoms with Gasteiger partial charge in [0.15, 0.2) is 5.15 Å². The topological polar surface area (TPSA) is 163 Å². The van der Waals surface area contributed by atoms with Crippen molar-refractivity contribution in [2.24, 2.45) is 5.92 Å². The van der Waals surface area contributed by atoms with Crippen LogP contribution in [0.4, 0.5) is 18.9 Å². The number of halogens is 5. The number of benzene rings is 2. The highest BCUT2D eigenvalue weighted by molar-refractivity contribution is 6.31. The second-order valence-electron chi connectivity index (χ2n) is 11.9. The van der Waals surface area contributed by atoms with Crippen LogP contribution < -0.4 is 10.9 Å². The van der Waals surface area contributed by atoms with Gasteiger partial charge in [0.25, 0.3) is 5.56 Å². The summed E-state index contributed by atoms with van der Waals surface area (Å²) in [6, 6.07) is 19.8. The average molecular weight is 767 g/mol. The van der Waals surface area contributed by atoms with E-state index >= 15 is 0 Å². The van der Waals surface area contributed by atoms with Gasteiger partial charge in [0.2, 0.25) is 5.91 Å². The molecular weight excluding hydrogens is 738 g/mol. The number of pyridine rings is 1. The fraction of sp³-hybridized carbons (Fsp3) is 0.200. The van der Waals surface area contributed by atoms with Crippen LogP contribution in [0.1, 0.15) is 37.9 Å². The number of hydrogen-bond donors (Lipinski definition) is 2. The third-order valence-corrected chi connectivity index (χ3v) is 8.76. The number of para-hydroxylation sites is 1. The SMILES string of the molecule is C[C@@H]1CCC[C@H](n2cnc(-c3cc(Cl)ccc3-n3cc(Cl)nn3)cc2=O)c2cc(ccn2)-c2c(cnn2-c2ccccc2)NC1=O.O=C(O)C(F)(F)F. The van der Waals surface area contributed by atoms with Gasteiger partial charge in [0.1, 0.15) is 0 Å². The van der Waals surface area contributed by atoms with Gasteiger partial charge >= 0.3 is 12.1 Å². The number of carbonyl (C=O) groups excluding carboxylic acids is 1. The molecule has 0 radical (unpaired) electrons. The predicted octanol–water partition coefficient (Wildman–Crippen LogP) is 7.03. The number of alkyl halides is 3. The van der Waals surface area contributed by atoms with Crippen LogP contribution in [0.3, 0.4) is 0 Å². The third kappa shape index (κ3) is 8.29. The van der Waals surface area contributed by atoms with Crippen molar-refractivity contribution in [3.05, 3.63) is 118 Å². The lowest BCUT2D eigenvalue weighted by Gasteiger charge is -2.22. The number of aliphatic carboxylic acids is 1. The Morgan fingerprint density at radius 3 is 2.43 bits per heavy atom. The monoisotopic (exact) mass is 765 g/mol. The second kappa shape index (κ2) is 15.4. The lowest BCUT2D eigenvalue weighted by Crippen LogP contribution is -2.27. The highest BCUT2D eigenvalue weighted by Crippen LogP contribution is 2.35. The molecule has 2 atom stereocenters. The van der Waals surface area contributed by atoms with Gasteiger partial charge in [0, 0.05) is 34.3 Å². The third-order valence-electron chi connectivity index (χ3n) is 8.35. The zero-order valence-electron chi connectivity index (χ0n) is 27.6. The zero-order chi connectivity index (χ0) is 37.9. The number of carboxylic acid groups (broad SMARTS) is 1. The highest BCUT2D eigenvalue weighted by atomic mass is 35.5. The van der Waals surface area contributed by atoms with Crippen LogP contribution in [0, 0.1) is 5.92 Å². The summed E-state index contributed by atoms with van der Waals surface area (Å²) in [5.74, 6) is -3.11. The summed E-state index contributed by atoms with van der Waals surface area (Å²) < 4.78 is 36.6. The lowest BCUT2D eigenvalue weighted by molar-refractivity contribution is -0.192. The van der Waals surface area contributed by atoms with Gasteiger partial charge in [-0.3, -0.25) is 19.1 Å². The fourth-order valence-corrected chi connectivity index (χ4v) is 6.06. The van der Waals surface area contributed by atoms with E-state index in [4.69, 9.17) is 43.1 Å². The van der Waals surface area contributed by atoms with Crippen LogP contribution >= 0.6 is 23.2 Å². The minimum absolute atomic E-state index is 0.0885. The number of hydrogen-bond acceptors (Lipinski definition) is 8. The lowest BCUT2D eigenvalue weighted by atomic mass is 9.97. The molecule has 13 nitrogen and oxygen atoms in total. The van der Waals surface area contributed by atoms with Gasteiger partial charge in [-0.2, -0.15) is 18.3 Å². The fourth-order valence-electron chi connectivity index (χ4n) is 5.76. The van der Waals surface area contributed by atoms with E-state index in [0.29, 0.717) is 52.6 Å². The Labute approximate surface area is 308 Å². The van der Waals surface area contributed by atoms with E-state index in [1.54, 1.807) is 46.0 Å². The molecule has 53 heavy (non-hydrogen) atoms. The molecule has 5 heterocycles. The van der Waals surface area contributed by atoms with E-state index in [0.717, 1.165) is 16.9 Å². The Morgan fingerprint density at radius 2 is 1.75 bits per heavy atom. The minimum atomic E-state index is -5.08. The minimum Gasteiger partial charge on any atom is -0.475 e. The van der Waals surface area contributed by atoms with Crippen LogP contribution in [0.5, 0.6) is 0 Å². The predicted molar refractivity (Wildman–Crippen MR) is 189 cm³/mol. The maximum absolute atomic E-state index is 13.9. The summed E-state index contributed by atoms with van der Waals surface area (Å²) >= 11 is 12.4. The van der Waals surface area contributed by atoms with Crippen LogP contribution in [-0.4, -0.2) is 62.5 Å². The van der Waals surface area contributed by atoms with Crippen molar-refractivity contribution >= 4 is 40.8 Å². The van der Waals surface area contributed by atoms with E-state index in [2.05, 4.69) is 20.7 Å². The summed E-state index contributed by atoms with van der Waals surface area (Å²) in [6.07, 6.45) is 3.28. The van der Waals surface area contributed by atoms with E-state index in [-0.39, 0.29) is 22.5 Å². The second-order valence-corrected chi connectivity index (χ2v) is 12.8. The number of aromatic nitrogens is 8. The maximum atomic E-state index is 13.9. The molecule has 1 amide bonds. The Hall–Kier alpha value is -5.87. The number of anilines is 1. The van der Waals surface area contributed by atoms with Crippen molar-refractivity contribution in [1.29, 1.82) is 0 Å². The zero-order valence-corrected chi connectivity index (χ0v) is 29.1. The first-order chi connectivity index (χ1) is 25.3. The Kier molecular flexibility index (Phi) is 10.7. The van der Waals surface area contributed by atoms with Gasteiger partial charge in [-0.15, -0.1) is 5.10 Å². The standard InChI is InChI=1S/C33H27Cl2N9O2.C2HF3O2/c1-20-6-5-9-29(42-19-37-25(16-31(42)45)24-15-22(34)10-11-28(24)43-18-30(35)40-41-43)26-14-21(12-13-36-26)32-27(39-33(20)46)17-38-44(32)23-7-3-2-4-8-23;3-2(4,5)1(6)7/h2-4,7-8,10-20,29H,5-6,9H2,1H3,(H,39,46);(H,6,7)/t20-,29+;/m1./s1. The quantitative estimate of drug-likeness (QED) is 0.192. The Bertz CT molecular complexity index is 2350. The molecule has 7 rings (SSSR count). The molecular formula is C35H28Cl2F3N9O4. The van der Waals surface area contributed by atoms with Gasteiger partial charge < -0.3 is 10.4 Å². The van der Waals surface area contributed by atoms with Gasteiger partial charge in [0.05, 0.1) is 58.9 Å². The van der Waals surface area contributed by atoms with Crippen molar-refractivity contribution in [2.45, 2.75) is 38.4 Å². The largest absolute Gasteiger partial charge is 0.490 e. The molecule has 1 aliphatic heterocycles. The number of carbonyl (C=O) groups is 2. The van der Waals surface area contributed by atoms with Crippen LogP contribution in [-0.2, 0) is 9.59 Å². The first-order valence-electron chi connectivity index (χ1n) is 16.0. The van der Waals surface area contributed by atoms with Gasteiger partial charge in [-0.05, 0) is 55.3 Å². The van der Waals surface area contributed by atoms with Crippen molar-refractivity contribution in [3.8, 4) is 33.9 Å². The molecule has 0 saturated carbocycles. The van der Waals surface area contributed by atoms with Crippen LogP contribution in [0.15, 0.2) is 96.4 Å². The normalized spacial score (nSPS) is 15.9. The molecule has 18 heteroatoms. The van der Waals surface area contributed by atoms with Crippen LogP contribution in [0.25, 0.3) is 33.9 Å². The van der Waals surface area contributed by atoms with E-state index in [9.17, 15) is 22.8 Å². The summed E-state index contributed by atoms with van der Waals surface area (Å²) in [7, 11) is 0. The molecule has 1 aliphatic rings. The van der Waals surface area contributed by atoms with Gasteiger partial charge in [-0.1, -0.05) is 60.0 Å². The summed E-state index contributed by atoms with van der Waals surface area (Å²) in [5, 5.41) is 23.5. The Morgan fingerprint density at radius 1 is 1.00 bits per heavy atom. The molecule has 0 spiro atoms. The van der Waals surface area contributed by atoms with Crippen molar-refractivity contribution in [2.75, 3.05) is 5.32 Å². The van der Waals surface area contributed by atoms with E-state index in [1.807, 2.05) is 49.4 Å². The molecule has 0 fully saturated rings. The first-order valence-corrected chi connectivity index (χ1v) is 16.7. The summed E-state index contributed by atoms with van der Waals surface area (Å²) in [6.45, 7) is 1.91. The van der Waals surface area contributed by atoms with Crippen molar-refractivity contribution in [1.82, 2.24) is 39.3 Å². The molecule has 272 valence electrons. The van der Waals surface area contributed by atoms with Crippen molar-refractivity contribution in [3.63, 3.8) is 0 Å². The molecule has 0 aliphatic carbocycles. The van der Waals surface area contributed by atoms with Gasteiger partial charge in [-0.25, -0.2) is 19.1 Å². The number of carboxylic acids is 1. The first kappa shape index (κ1) is 36.9. The molecule has 4 aromatic heterocycles. The molecule has 6 aromatic rings.